The Balaban J connectivity index is 2.93. The molecular weight excluding hydrogens is 216 g/mol. The van der Waals surface area contributed by atoms with Gasteiger partial charge in [0.2, 0.25) is 0 Å². The fourth-order valence-corrected chi connectivity index (χ4v) is 1.66. The van der Waals surface area contributed by atoms with Crippen LogP contribution in [0.25, 0.3) is 0 Å². The lowest BCUT2D eigenvalue weighted by atomic mass is 10.2. The Morgan fingerprint density at radius 3 is 2.82 bits per heavy atom. The van der Waals surface area contributed by atoms with E-state index >= 15 is 0 Å². The Morgan fingerprint density at radius 2 is 2.29 bits per heavy atom. The van der Waals surface area contributed by atoms with Crippen molar-refractivity contribution < 1.29 is 4.79 Å². The molecule has 1 unspecified atom stereocenters. The van der Waals surface area contributed by atoms with Crippen LogP contribution in [0, 0.1) is 0 Å². The summed E-state index contributed by atoms with van der Waals surface area (Å²) in [7, 11) is 0. The van der Waals surface area contributed by atoms with Crippen LogP contribution in [0.1, 0.15) is 37.7 Å². The molecule has 1 heterocycles. The molecule has 0 aromatic carbocycles. The molecule has 0 spiro atoms. The molecule has 0 saturated carbocycles. The van der Waals surface area contributed by atoms with E-state index in [1.54, 1.807) is 18.3 Å². The Morgan fingerprint density at radius 1 is 1.59 bits per heavy atom. The monoisotopic (exact) mass is 236 g/mol. The highest BCUT2D eigenvalue weighted by Crippen LogP contribution is 2.12. The second kappa shape index (κ2) is 6.20. The highest BCUT2D eigenvalue weighted by molar-refractivity contribution is 5.93. The SMILES string of the molecule is CCC(C)N(CC)C(=O)c1cc(NN)ccn1. The van der Waals surface area contributed by atoms with Gasteiger partial charge in [-0.3, -0.25) is 15.6 Å². The van der Waals surface area contributed by atoms with Crippen LogP contribution in [0.2, 0.25) is 0 Å². The maximum absolute atomic E-state index is 12.2. The smallest absolute Gasteiger partial charge is 0.272 e. The topological polar surface area (TPSA) is 71.2 Å². The molecule has 1 aromatic rings. The number of hydrogen-bond acceptors (Lipinski definition) is 4. The van der Waals surface area contributed by atoms with Crippen LogP contribution in [0.5, 0.6) is 0 Å². The summed E-state index contributed by atoms with van der Waals surface area (Å²) in [6.45, 7) is 6.74. The van der Waals surface area contributed by atoms with Crippen LogP contribution in [0.3, 0.4) is 0 Å². The van der Waals surface area contributed by atoms with Gasteiger partial charge in [0, 0.05) is 18.8 Å². The molecule has 1 atom stereocenters. The van der Waals surface area contributed by atoms with Gasteiger partial charge in [0.05, 0.1) is 5.69 Å². The first-order valence-corrected chi connectivity index (χ1v) is 5.87. The predicted octanol–water partition coefficient (Wildman–Crippen LogP) is 1.63. The third-order valence-electron chi connectivity index (χ3n) is 2.87. The number of nitrogens with one attached hydrogen (secondary N) is 1. The molecule has 17 heavy (non-hydrogen) atoms. The summed E-state index contributed by atoms with van der Waals surface area (Å²) < 4.78 is 0. The van der Waals surface area contributed by atoms with Crippen molar-refractivity contribution in [3.63, 3.8) is 0 Å². The van der Waals surface area contributed by atoms with E-state index in [4.69, 9.17) is 5.84 Å². The van der Waals surface area contributed by atoms with E-state index in [0.717, 1.165) is 6.42 Å². The van der Waals surface area contributed by atoms with Crippen LogP contribution in [0.4, 0.5) is 5.69 Å². The van der Waals surface area contributed by atoms with Gasteiger partial charge in [0.25, 0.3) is 5.91 Å². The number of nitrogen functional groups attached to an aromatic ring is 1. The fraction of sp³-hybridized carbons (Fsp3) is 0.500. The largest absolute Gasteiger partial charge is 0.335 e. The normalized spacial score (nSPS) is 12.0. The summed E-state index contributed by atoms with van der Waals surface area (Å²) >= 11 is 0. The molecule has 5 nitrogen and oxygen atoms in total. The van der Waals surface area contributed by atoms with Gasteiger partial charge in [-0.2, -0.15) is 0 Å². The van der Waals surface area contributed by atoms with E-state index < -0.39 is 0 Å². The Bertz CT molecular complexity index is 381. The molecule has 1 rings (SSSR count). The van der Waals surface area contributed by atoms with E-state index in [1.807, 2.05) is 18.7 Å². The predicted molar refractivity (Wildman–Crippen MR) is 68.5 cm³/mol. The van der Waals surface area contributed by atoms with Crippen LogP contribution in [0.15, 0.2) is 18.3 Å². The molecule has 0 aliphatic carbocycles. The molecule has 0 radical (unpaired) electrons. The number of carbonyl (C=O) groups excluding carboxylic acids is 1. The van der Waals surface area contributed by atoms with Gasteiger partial charge >= 0.3 is 0 Å². The number of carbonyl (C=O) groups is 1. The van der Waals surface area contributed by atoms with Gasteiger partial charge in [-0.25, -0.2) is 0 Å². The number of nitrogens with zero attached hydrogens (tertiary/aromatic N) is 2. The van der Waals surface area contributed by atoms with Crippen LogP contribution < -0.4 is 11.3 Å². The fourth-order valence-electron chi connectivity index (χ4n) is 1.66. The van der Waals surface area contributed by atoms with Gasteiger partial charge in [-0.15, -0.1) is 0 Å². The molecule has 5 heteroatoms. The number of pyridine rings is 1. The first-order chi connectivity index (χ1) is 8.13. The number of aromatic nitrogens is 1. The minimum absolute atomic E-state index is 0.0565. The van der Waals surface area contributed by atoms with Crippen molar-refractivity contribution in [3.05, 3.63) is 24.0 Å². The summed E-state index contributed by atoms with van der Waals surface area (Å²) in [5.74, 6) is 5.25. The van der Waals surface area contributed by atoms with E-state index in [9.17, 15) is 4.79 Å². The molecule has 1 aromatic heterocycles. The Kier molecular flexibility index (Phi) is 4.90. The van der Waals surface area contributed by atoms with E-state index in [-0.39, 0.29) is 11.9 Å². The second-order valence-electron chi connectivity index (χ2n) is 3.92. The molecule has 0 aliphatic heterocycles. The summed E-state index contributed by atoms with van der Waals surface area (Å²) in [5, 5.41) is 0. The Labute approximate surface area is 102 Å². The molecule has 94 valence electrons. The number of anilines is 1. The van der Waals surface area contributed by atoms with Crippen LogP contribution in [-0.4, -0.2) is 28.4 Å². The van der Waals surface area contributed by atoms with E-state index in [2.05, 4.69) is 17.3 Å². The van der Waals surface area contributed by atoms with Crippen molar-refractivity contribution in [1.82, 2.24) is 9.88 Å². The van der Waals surface area contributed by atoms with Gasteiger partial charge < -0.3 is 10.3 Å². The summed E-state index contributed by atoms with van der Waals surface area (Å²) in [6, 6.07) is 3.59. The lowest BCUT2D eigenvalue weighted by molar-refractivity contribution is 0.0694. The molecule has 0 fully saturated rings. The third kappa shape index (κ3) is 3.17. The standard InChI is InChI=1S/C12H20N4O/c1-4-9(3)16(5-2)12(17)11-8-10(15-13)6-7-14-11/h6-9H,4-5,13H2,1-3H3,(H,14,15). The van der Waals surface area contributed by atoms with Crippen molar-refractivity contribution in [2.75, 3.05) is 12.0 Å². The molecule has 3 N–H and O–H groups in total. The maximum Gasteiger partial charge on any atom is 0.272 e. The molecule has 0 aliphatic rings. The Hall–Kier alpha value is -1.62. The highest BCUT2D eigenvalue weighted by Gasteiger charge is 2.19. The zero-order chi connectivity index (χ0) is 12.8. The van der Waals surface area contributed by atoms with Crippen molar-refractivity contribution >= 4 is 11.6 Å². The molecule has 0 saturated heterocycles. The lowest BCUT2D eigenvalue weighted by Gasteiger charge is -2.26. The lowest BCUT2D eigenvalue weighted by Crippen LogP contribution is -2.38. The van der Waals surface area contributed by atoms with E-state index in [1.165, 1.54) is 0 Å². The molecular formula is C12H20N4O. The minimum Gasteiger partial charge on any atom is -0.335 e. The van der Waals surface area contributed by atoms with E-state index in [0.29, 0.717) is 17.9 Å². The zero-order valence-electron chi connectivity index (χ0n) is 10.6. The summed E-state index contributed by atoms with van der Waals surface area (Å²) in [4.78, 5) is 18.1. The number of hydrogen-bond donors (Lipinski definition) is 2. The summed E-state index contributed by atoms with van der Waals surface area (Å²) in [5.41, 5.74) is 3.61. The number of rotatable bonds is 5. The zero-order valence-corrected chi connectivity index (χ0v) is 10.6. The van der Waals surface area contributed by atoms with Crippen LogP contribution >= 0.6 is 0 Å². The number of nitrogens with two attached hydrogens (primary N) is 1. The molecule has 1 amide bonds. The van der Waals surface area contributed by atoms with Gasteiger partial charge in [-0.05, 0) is 32.4 Å². The van der Waals surface area contributed by atoms with Gasteiger partial charge in [-0.1, -0.05) is 6.92 Å². The number of amides is 1. The maximum atomic E-state index is 12.2. The van der Waals surface area contributed by atoms with Gasteiger partial charge in [0.1, 0.15) is 5.69 Å². The minimum atomic E-state index is -0.0565. The molecule has 0 bridgehead atoms. The highest BCUT2D eigenvalue weighted by atomic mass is 16.2. The van der Waals surface area contributed by atoms with Crippen molar-refractivity contribution in [3.8, 4) is 0 Å². The van der Waals surface area contributed by atoms with Gasteiger partial charge in [0.15, 0.2) is 0 Å². The first kappa shape index (κ1) is 13.4. The van der Waals surface area contributed by atoms with Crippen molar-refractivity contribution in [2.45, 2.75) is 33.2 Å². The third-order valence-corrected chi connectivity index (χ3v) is 2.87. The van der Waals surface area contributed by atoms with Crippen molar-refractivity contribution in [1.29, 1.82) is 0 Å². The summed E-state index contributed by atoms with van der Waals surface area (Å²) in [6.07, 6.45) is 2.50. The quantitative estimate of drug-likeness (QED) is 0.602. The number of hydrazine groups is 1. The average molecular weight is 236 g/mol. The van der Waals surface area contributed by atoms with Crippen molar-refractivity contribution in [2.24, 2.45) is 5.84 Å². The van der Waals surface area contributed by atoms with Crippen LogP contribution in [-0.2, 0) is 0 Å². The first-order valence-electron chi connectivity index (χ1n) is 5.87. The average Bonchev–Trinajstić information content (AvgIpc) is 2.39. The second-order valence-corrected chi connectivity index (χ2v) is 3.92.